The standard InChI is InChI=1S/C21H20N6O4S/c22-20(23)27-21-26-16(11-32-21)19(31)24-14-8-4-7-13(9-14)18(30)25-15(10-17(28)29)12-5-2-1-3-6-12/h1-9,11,15H,10H2,(H,24,31)(H,25,30)(H,28,29)(H4,22,23,26,27)/t15-/m0/s1. The van der Waals surface area contributed by atoms with Crippen molar-refractivity contribution in [1.29, 1.82) is 5.41 Å². The van der Waals surface area contributed by atoms with E-state index in [0.717, 1.165) is 11.3 Å². The second-order valence-electron chi connectivity index (χ2n) is 6.65. The lowest BCUT2D eigenvalue weighted by atomic mass is 10.0. The van der Waals surface area contributed by atoms with Crippen molar-refractivity contribution in [2.24, 2.45) is 5.73 Å². The van der Waals surface area contributed by atoms with Gasteiger partial charge in [-0.15, -0.1) is 11.3 Å². The second-order valence-corrected chi connectivity index (χ2v) is 7.50. The molecule has 1 atom stereocenters. The van der Waals surface area contributed by atoms with Crippen LogP contribution in [0.25, 0.3) is 0 Å². The highest BCUT2D eigenvalue weighted by atomic mass is 32.1. The first-order valence-corrected chi connectivity index (χ1v) is 10.3. The molecule has 0 fully saturated rings. The Morgan fingerprint density at radius 2 is 1.81 bits per heavy atom. The molecule has 2 aromatic carbocycles. The number of benzene rings is 2. The van der Waals surface area contributed by atoms with Gasteiger partial charge in [-0.2, -0.15) is 0 Å². The summed E-state index contributed by atoms with van der Waals surface area (Å²) in [6.45, 7) is 0. The zero-order valence-electron chi connectivity index (χ0n) is 16.7. The van der Waals surface area contributed by atoms with E-state index in [2.05, 4.69) is 20.9 Å². The van der Waals surface area contributed by atoms with Crippen LogP contribution in [-0.2, 0) is 4.79 Å². The fourth-order valence-corrected chi connectivity index (χ4v) is 3.54. The highest BCUT2D eigenvalue weighted by molar-refractivity contribution is 7.14. The van der Waals surface area contributed by atoms with Gasteiger partial charge in [-0.25, -0.2) is 4.98 Å². The Hall–Kier alpha value is -4.25. The van der Waals surface area contributed by atoms with E-state index in [1.54, 1.807) is 48.5 Å². The maximum atomic E-state index is 12.8. The van der Waals surface area contributed by atoms with Crippen LogP contribution >= 0.6 is 11.3 Å². The summed E-state index contributed by atoms with van der Waals surface area (Å²) < 4.78 is 0. The minimum Gasteiger partial charge on any atom is -0.481 e. The highest BCUT2D eigenvalue weighted by Gasteiger charge is 2.19. The van der Waals surface area contributed by atoms with Gasteiger partial charge in [-0.05, 0) is 23.8 Å². The number of thiazole rings is 1. The Bertz CT molecular complexity index is 1150. The largest absolute Gasteiger partial charge is 0.481 e. The molecular formula is C21H20N6O4S. The average molecular weight is 452 g/mol. The number of guanidine groups is 1. The quantitative estimate of drug-likeness (QED) is 0.225. The molecule has 0 spiro atoms. The van der Waals surface area contributed by atoms with Gasteiger partial charge in [0.15, 0.2) is 11.1 Å². The Morgan fingerprint density at radius 3 is 2.50 bits per heavy atom. The summed E-state index contributed by atoms with van der Waals surface area (Å²) in [4.78, 5) is 40.5. The molecule has 1 heterocycles. The number of hydrogen-bond acceptors (Lipinski definition) is 6. The number of aromatic nitrogens is 1. The molecule has 0 aliphatic carbocycles. The summed E-state index contributed by atoms with van der Waals surface area (Å²) in [6.07, 6.45) is -0.271. The van der Waals surface area contributed by atoms with Crippen molar-refractivity contribution in [1.82, 2.24) is 10.3 Å². The van der Waals surface area contributed by atoms with E-state index in [1.165, 1.54) is 11.4 Å². The van der Waals surface area contributed by atoms with Crippen LogP contribution in [0.3, 0.4) is 0 Å². The molecule has 3 aromatic rings. The molecule has 0 aliphatic rings. The number of carbonyl (C=O) groups excluding carboxylic acids is 2. The van der Waals surface area contributed by atoms with Gasteiger partial charge in [0.1, 0.15) is 5.69 Å². The van der Waals surface area contributed by atoms with Crippen LogP contribution < -0.4 is 21.7 Å². The molecule has 10 nitrogen and oxygen atoms in total. The number of hydrogen-bond donors (Lipinski definition) is 6. The predicted octanol–water partition coefficient (Wildman–Crippen LogP) is 2.65. The van der Waals surface area contributed by atoms with E-state index in [-0.39, 0.29) is 23.6 Å². The van der Waals surface area contributed by atoms with Crippen LogP contribution in [0.5, 0.6) is 0 Å². The Labute approximate surface area is 187 Å². The molecule has 0 radical (unpaired) electrons. The van der Waals surface area contributed by atoms with Crippen molar-refractivity contribution in [2.75, 3.05) is 10.6 Å². The molecule has 7 N–H and O–H groups in total. The minimum atomic E-state index is -1.04. The maximum Gasteiger partial charge on any atom is 0.305 e. The molecule has 0 saturated carbocycles. The number of amides is 2. The molecule has 0 aliphatic heterocycles. The number of nitrogens with two attached hydrogens (primary N) is 1. The van der Waals surface area contributed by atoms with Crippen molar-refractivity contribution in [3.8, 4) is 0 Å². The van der Waals surface area contributed by atoms with Crippen molar-refractivity contribution < 1.29 is 19.5 Å². The van der Waals surface area contributed by atoms with E-state index in [1.807, 2.05) is 0 Å². The van der Waals surface area contributed by atoms with Gasteiger partial charge in [0.2, 0.25) is 0 Å². The number of nitrogens with zero attached hydrogens (tertiary/aromatic N) is 1. The third-order valence-electron chi connectivity index (χ3n) is 4.25. The van der Waals surface area contributed by atoms with Crippen LogP contribution in [-0.4, -0.2) is 33.8 Å². The normalized spacial score (nSPS) is 11.2. The van der Waals surface area contributed by atoms with E-state index in [4.69, 9.17) is 11.1 Å². The van der Waals surface area contributed by atoms with Crippen molar-refractivity contribution in [3.63, 3.8) is 0 Å². The molecule has 164 valence electrons. The molecule has 2 amide bonds. The number of rotatable bonds is 8. The molecule has 0 saturated heterocycles. The van der Waals surface area contributed by atoms with Crippen molar-refractivity contribution in [3.05, 3.63) is 76.8 Å². The van der Waals surface area contributed by atoms with Crippen LogP contribution in [0.15, 0.2) is 60.0 Å². The van der Waals surface area contributed by atoms with Crippen LogP contribution in [0.4, 0.5) is 10.8 Å². The van der Waals surface area contributed by atoms with Gasteiger partial charge in [-0.3, -0.25) is 19.8 Å². The first-order chi connectivity index (χ1) is 15.3. The topological polar surface area (TPSA) is 170 Å². The lowest BCUT2D eigenvalue weighted by Gasteiger charge is -2.18. The first kappa shape index (κ1) is 22.4. The van der Waals surface area contributed by atoms with Gasteiger partial charge in [0.05, 0.1) is 12.5 Å². The fraction of sp³-hybridized carbons (Fsp3) is 0.0952. The second kappa shape index (κ2) is 10.2. The van der Waals surface area contributed by atoms with Gasteiger partial charge in [-0.1, -0.05) is 36.4 Å². The number of anilines is 2. The number of carbonyl (C=O) groups is 3. The zero-order chi connectivity index (χ0) is 23.1. The van der Waals surface area contributed by atoms with Crippen molar-refractivity contribution >= 4 is 45.9 Å². The summed E-state index contributed by atoms with van der Waals surface area (Å²) >= 11 is 1.12. The SMILES string of the molecule is N=C(N)Nc1nc(C(=O)Nc2cccc(C(=O)N[C@@H](CC(=O)O)c3ccccc3)c2)cs1. The Kier molecular flexibility index (Phi) is 7.13. The summed E-state index contributed by atoms with van der Waals surface area (Å²) in [7, 11) is 0. The Balaban J connectivity index is 1.71. The molecule has 0 bridgehead atoms. The van der Waals surface area contributed by atoms with Crippen LogP contribution in [0, 0.1) is 5.41 Å². The van der Waals surface area contributed by atoms with E-state index in [0.29, 0.717) is 16.4 Å². The molecule has 0 unspecified atom stereocenters. The summed E-state index contributed by atoms with van der Waals surface area (Å²) in [5.41, 5.74) is 6.66. The van der Waals surface area contributed by atoms with Gasteiger partial charge < -0.3 is 26.8 Å². The fourth-order valence-electron chi connectivity index (χ4n) is 2.84. The lowest BCUT2D eigenvalue weighted by Crippen LogP contribution is -2.30. The smallest absolute Gasteiger partial charge is 0.305 e. The summed E-state index contributed by atoms with van der Waals surface area (Å²) in [5.74, 6) is -2.30. The third-order valence-corrected chi connectivity index (χ3v) is 5.00. The number of aliphatic carboxylic acids is 1. The number of carboxylic acids is 1. The van der Waals surface area contributed by atoms with Crippen LogP contribution in [0.1, 0.15) is 38.9 Å². The summed E-state index contributed by atoms with van der Waals surface area (Å²) in [5, 5.41) is 26.1. The number of nitrogens with one attached hydrogen (secondary N) is 4. The number of carboxylic acid groups (broad SMARTS) is 1. The minimum absolute atomic E-state index is 0.124. The molecule has 32 heavy (non-hydrogen) atoms. The Morgan fingerprint density at radius 1 is 1.06 bits per heavy atom. The van der Waals surface area contributed by atoms with Gasteiger partial charge >= 0.3 is 5.97 Å². The maximum absolute atomic E-state index is 12.8. The third kappa shape index (κ3) is 6.12. The van der Waals surface area contributed by atoms with Gasteiger partial charge in [0.25, 0.3) is 11.8 Å². The molecule has 11 heteroatoms. The van der Waals surface area contributed by atoms with E-state index in [9.17, 15) is 19.5 Å². The first-order valence-electron chi connectivity index (χ1n) is 9.37. The monoisotopic (exact) mass is 452 g/mol. The highest BCUT2D eigenvalue weighted by Crippen LogP contribution is 2.20. The van der Waals surface area contributed by atoms with E-state index >= 15 is 0 Å². The summed E-state index contributed by atoms with van der Waals surface area (Å²) in [6, 6.07) is 14.4. The molecule has 1 aromatic heterocycles. The zero-order valence-corrected chi connectivity index (χ0v) is 17.5. The van der Waals surface area contributed by atoms with E-state index < -0.39 is 23.8 Å². The van der Waals surface area contributed by atoms with Gasteiger partial charge in [0, 0.05) is 16.6 Å². The van der Waals surface area contributed by atoms with Crippen molar-refractivity contribution in [2.45, 2.75) is 12.5 Å². The molecule has 3 rings (SSSR count). The average Bonchev–Trinajstić information content (AvgIpc) is 3.21. The molecular weight excluding hydrogens is 432 g/mol. The van der Waals surface area contributed by atoms with Crippen LogP contribution in [0.2, 0.25) is 0 Å². The lowest BCUT2D eigenvalue weighted by molar-refractivity contribution is -0.137. The predicted molar refractivity (Wildman–Crippen MR) is 121 cm³/mol.